The van der Waals surface area contributed by atoms with E-state index in [-0.39, 0.29) is 5.91 Å². The number of aromatic nitrogens is 4. The van der Waals surface area contributed by atoms with Gasteiger partial charge in [0.15, 0.2) is 0 Å². The second-order valence-corrected chi connectivity index (χ2v) is 6.43. The quantitative estimate of drug-likeness (QED) is 0.532. The highest BCUT2D eigenvalue weighted by Gasteiger charge is 2.13. The number of methoxy groups -OCH3 is 1. The van der Waals surface area contributed by atoms with E-state index in [1.54, 1.807) is 48.6 Å². The van der Waals surface area contributed by atoms with Crippen molar-refractivity contribution in [2.75, 3.05) is 12.4 Å². The van der Waals surface area contributed by atoms with E-state index in [1.165, 1.54) is 6.33 Å². The first-order valence-corrected chi connectivity index (χ1v) is 8.80. The van der Waals surface area contributed by atoms with Crippen LogP contribution in [0.4, 0.5) is 5.69 Å². The molecule has 0 aliphatic rings. The summed E-state index contributed by atoms with van der Waals surface area (Å²) in [7, 11) is 1.56. The highest BCUT2D eigenvalue weighted by molar-refractivity contribution is 6.30. The molecule has 4 rings (SSSR count). The Kier molecular flexibility index (Phi) is 4.82. The fourth-order valence-corrected chi connectivity index (χ4v) is 2.94. The van der Waals surface area contributed by atoms with Crippen LogP contribution in [-0.4, -0.2) is 32.8 Å². The van der Waals surface area contributed by atoms with E-state index in [9.17, 15) is 4.79 Å². The number of carbonyl (C=O) groups is 1. The summed E-state index contributed by atoms with van der Waals surface area (Å²) in [6.07, 6.45) is 4.80. The van der Waals surface area contributed by atoms with E-state index in [0.717, 1.165) is 16.8 Å². The predicted octanol–water partition coefficient (Wildman–Crippen LogP) is 4.18. The van der Waals surface area contributed by atoms with Crippen molar-refractivity contribution in [1.29, 1.82) is 0 Å². The number of nitrogens with one attached hydrogen (secondary N) is 2. The number of rotatable bonds is 5. The van der Waals surface area contributed by atoms with Gasteiger partial charge in [-0.15, -0.1) is 0 Å². The number of amides is 1. The molecule has 2 aromatic carbocycles. The number of hydrogen-bond donors (Lipinski definition) is 2. The number of carbonyl (C=O) groups excluding carboxylic acids is 1. The van der Waals surface area contributed by atoms with Crippen molar-refractivity contribution in [2.24, 2.45) is 0 Å². The van der Waals surface area contributed by atoms with Gasteiger partial charge in [-0.05, 0) is 41.5 Å². The normalized spacial score (nSPS) is 10.6. The minimum atomic E-state index is -0.254. The summed E-state index contributed by atoms with van der Waals surface area (Å²) in [5.74, 6) is 0.312. The molecule has 0 atom stereocenters. The van der Waals surface area contributed by atoms with Crippen molar-refractivity contribution in [2.45, 2.75) is 0 Å². The van der Waals surface area contributed by atoms with Gasteiger partial charge < -0.3 is 15.0 Å². The molecule has 2 N–H and O–H groups in total. The minimum absolute atomic E-state index is 0.254. The third-order valence-corrected chi connectivity index (χ3v) is 4.46. The Morgan fingerprint density at radius 1 is 1.14 bits per heavy atom. The lowest BCUT2D eigenvalue weighted by Crippen LogP contribution is -2.12. The predicted molar refractivity (Wildman–Crippen MR) is 107 cm³/mol. The van der Waals surface area contributed by atoms with Gasteiger partial charge in [-0.2, -0.15) is 5.10 Å². The van der Waals surface area contributed by atoms with Gasteiger partial charge >= 0.3 is 0 Å². The zero-order chi connectivity index (χ0) is 19.5. The van der Waals surface area contributed by atoms with Gasteiger partial charge in [-0.25, -0.2) is 9.67 Å². The smallest absolute Gasteiger partial charge is 0.272 e. The molecule has 0 bridgehead atoms. The van der Waals surface area contributed by atoms with Crippen molar-refractivity contribution in [3.63, 3.8) is 0 Å². The highest BCUT2D eigenvalue weighted by Crippen LogP contribution is 2.27. The number of anilines is 1. The van der Waals surface area contributed by atoms with Gasteiger partial charge in [-0.1, -0.05) is 23.7 Å². The Hall–Kier alpha value is -3.58. The molecule has 0 radical (unpaired) electrons. The first-order chi connectivity index (χ1) is 13.6. The number of nitrogens with zero attached hydrogens (tertiary/aromatic N) is 3. The van der Waals surface area contributed by atoms with Crippen LogP contribution in [0.3, 0.4) is 0 Å². The van der Waals surface area contributed by atoms with Crippen molar-refractivity contribution in [1.82, 2.24) is 19.7 Å². The molecule has 2 heterocycles. The molecule has 0 unspecified atom stereocenters. The van der Waals surface area contributed by atoms with Gasteiger partial charge in [0.2, 0.25) is 0 Å². The Morgan fingerprint density at radius 3 is 2.68 bits per heavy atom. The molecule has 0 aliphatic carbocycles. The average molecular weight is 394 g/mol. The van der Waals surface area contributed by atoms with Crippen molar-refractivity contribution in [3.8, 4) is 22.6 Å². The minimum Gasteiger partial charge on any atom is -0.494 e. The van der Waals surface area contributed by atoms with Crippen LogP contribution in [0.5, 0.6) is 5.75 Å². The first kappa shape index (κ1) is 17.8. The number of hydrogen-bond acceptors (Lipinski definition) is 4. The maximum absolute atomic E-state index is 12.6. The average Bonchev–Trinajstić information content (AvgIpc) is 3.41. The van der Waals surface area contributed by atoms with Gasteiger partial charge in [0.25, 0.3) is 5.91 Å². The molecule has 8 heteroatoms. The standard InChI is InChI=1S/C20H16ClN5O2/c1-28-19-9-16(6-7-18(19)26-12-22-11-24-26)25-20(27)17-8-14(10-23-17)13-2-4-15(21)5-3-13/h2-12,23H,1H3,(H,25,27). The molecule has 2 aromatic heterocycles. The van der Waals surface area contributed by atoms with Gasteiger partial charge in [-0.3, -0.25) is 4.79 Å². The molecule has 0 aliphatic heterocycles. The summed E-state index contributed by atoms with van der Waals surface area (Å²) >= 11 is 5.92. The van der Waals surface area contributed by atoms with E-state index in [1.807, 2.05) is 24.3 Å². The van der Waals surface area contributed by atoms with Crippen LogP contribution in [0.1, 0.15) is 10.5 Å². The number of H-pyrrole nitrogens is 1. The lowest BCUT2D eigenvalue weighted by molar-refractivity contribution is 0.102. The van der Waals surface area contributed by atoms with Gasteiger partial charge in [0.1, 0.15) is 29.8 Å². The maximum atomic E-state index is 12.6. The Bertz CT molecular complexity index is 1100. The summed E-state index contributed by atoms with van der Waals surface area (Å²) in [5.41, 5.74) is 3.65. The molecule has 0 spiro atoms. The zero-order valence-corrected chi connectivity index (χ0v) is 15.6. The van der Waals surface area contributed by atoms with Gasteiger partial charge in [0, 0.05) is 23.0 Å². The second-order valence-electron chi connectivity index (χ2n) is 5.99. The zero-order valence-electron chi connectivity index (χ0n) is 14.9. The lowest BCUT2D eigenvalue weighted by Gasteiger charge is -2.11. The molecule has 0 saturated heterocycles. The van der Waals surface area contributed by atoms with E-state index < -0.39 is 0 Å². The molecule has 1 amide bonds. The molecule has 0 fully saturated rings. The summed E-state index contributed by atoms with van der Waals surface area (Å²) in [4.78, 5) is 19.5. The lowest BCUT2D eigenvalue weighted by atomic mass is 10.1. The molecule has 0 saturated carbocycles. The van der Waals surface area contributed by atoms with E-state index in [2.05, 4.69) is 20.4 Å². The Balaban J connectivity index is 1.53. The van der Waals surface area contributed by atoms with Crippen molar-refractivity contribution < 1.29 is 9.53 Å². The number of halogens is 1. The highest BCUT2D eigenvalue weighted by atomic mass is 35.5. The molecular formula is C20H16ClN5O2. The van der Waals surface area contributed by atoms with Crippen LogP contribution in [0.15, 0.2) is 67.4 Å². The van der Waals surface area contributed by atoms with Crippen LogP contribution in [0.25, 0.3) is 16.8 Å². The van der Waals surface area contributed by atoms with E-state index >= 15 is 0 Å². The van der Waals surface area contributed by atoms with Crippen molar-refractivity contribution >= 4 is 23.2 Å². The first-order valence-electron chi connectivity index (χ1n) is 8.43. The number of ether oxygens (including phenoxy) is 1. The second kappa shape index (κ2) is 7.58. The Morgan fingerprint density at radius 2 is 1.96 bits per heavy atom. The fraction of sp³-hybridized carbons (Fsp3) is 0.0500. The number of benzene rings is 2. The SMILES string of the molecule is COc1cc(NC(=O)c2cc(-c3ccc(Cl)cc3)c[nH]2)ccc1-n1cncn1. The van der Waals surface area contributed by atoms with Gasteiger partial charge in [0.05, 0.1) is 7.11 Å². The Labute approximate surface area is 165 Å². The summed E-state index contributed by atoms with van der Waals surface area (Å²) in [6.45, 7) is 0. The molecule has 140 valence electrons. The van der Waals surface area contributed by atoms with Crippen LogP contribution < -0.4 is 10.1 Å². The monoisotopic (exact) mass is 393 g/mol. The number of aromatic amines is 1. The summed E-state index contributed by atoms with van der Waals surface area (Å²) in [6, 6.07) is 14.5. The third kappa shape index (κ3) is 3.60. The van der Waals surface area contributed by atoms with Crippen LogP contribution in [0.2, 0.25) is 5.02 Å². The molecule has 4 aromatic rings. The summed E-state index contributed by atoms with van der Waals surface area (Å²) in [5, 5.41) is 7.63. The summed E-state index contributed by atoms with van der Waals surface area (Å²) < 4.78 is 7.00. The molecule has 7 nitrogen and oxygen atoms in total. The fourth-order valence-electron chi connectivity index (χ4n) is 2.81. The van der Waals surface area contributed by atoms with Crippen LogP contribution in [-0.2, 0) is 0 Å². The largest absolute Gasteiger partial charge is 0.494 e. The molecule has 28 heavy (non-hydrogen) atoms. The van der Waals surface area contributed by atoms with Crippen molar-refractivity contribution in [3.05, 3.63) is 78.1 Å². The van der Waals surface area contributed by atoms with Crippen LogP contribution in [0, 0.1) is 0 Å². The van der Waals surface area contributed by atoms with E-state index in [0.29, 0.717) is 22.2 Å². The molecular weight excluding hydrogens is 378 g/mol. The maximum Gasteiger partial charge on any atom is 0.272 e. The third-order valence-electron chi connectivity index (χ3n) is 4.21. The van der Waals surface area contributed by atoms with Crippen LogP contribution >= 0.6 is 11.6 Å². The topological polar surface area (TPSA) is 84.8 Å². The van der Waals surface area contributed by atoms with E-state index in [4.69, 9.17) is 16.3 Å².